The molecule has 39 heavy (non-hydrogen) atoms. The lowest BCUT2D eigenvalue weighted by molar-refractivity contribution is -0.140. The van der Waals surface area contributed by atoms with Crippen molar-refractivity contribution in [3.63, 3.8) is 0 Å². The van der Waals surface area contributed by atoms with E-state index in [4.69, 9.17) is 14.2 Å². The number of pyridine rings is 1. The van der Waals surface area contributed by atoms with Crippen LogP contribution >= 0.6 is 0 Å². The Bertz CT molecular complexity index is 1420. The van der Waals surface area contributed by atoms with E-state index >= 15 is 0 Å². The number of aromatic nitrogens is 1. The van der Waals surface area contributed by atoms with Crippen molar-refractivity contribution >= 4 is 17.4 Å². The fourth-order valence-electron chi connectivity index (χ4n) is 5.09. The zero-order valence-electron chi connectivity index (χ0n) is 22.3. The van der Waals surface area contributed by atoms with E-state index < -0.39 is 17.7 Å². The molecule has 2 aromatic carbocycles. The van der Waals surface area contributed by atoms with Gasteiger partial charge >= 0.3 is 0 Å². The van der Waals surface area contributed by atoms with Gasteiger partial charge in [0.2, 0.25) is 0 Å². The monoisotopic (exact) mass is 528 g/mol. The number of carbonyl (C=O) groups excluding carboxylic acids is 2. The molecular formula is C31H32N2O6. The minimum absolute atomic E-state index is 0.0330. The molecule has 1 saturated heterocycles. The van der Waals surface area contributed by atoms with Gasteiger partial charge in [0.1, 0.15) is 17.6 Å². The highest BCUT2D eigenvalue weighted by atomic mass is 16.5. The van der Waals surface area contributed by atoms with Crippen LogP contribution in [-0.2, 0) is 22.6 Å². The lowest BCUT2D eigenvalue weighted by Crippen LogP contribution is -2.29. The Balaban J connectivity index is 1.63. The Morgan fingerprint density at radius 2 is 1.85 bits per heavy atom. The van der Waals surface area contributed by atoms with Crippen LogP contribution in [0.2, 0.25) is 0 Å². The third kappa shape index (κ3) is 5.19. The molecule has 2 aliphatic heterocycles. The number of nitrogens with zero attached hydrogens (tertiary/aromatic N) is 2. The summed E-state index contributed by atoms with van der Waals surface area (Å²) in [6, 6.07) is 13.5. The van der Waals surface area contributed by atoms with E-state index in [2.05, 4.69) is 4.98 Å². The zero-order chi connectivity index (χ0) is 27.5. The number of benzene rings is 2. The third-order valence-electron chi connectivity index (χ3n) is 6.86. The minimum atomic E-state index is -0.832. The number of ketones is 1. The molecule has 8 heteroatoms. The van der Waals surface area contributed by atoms with Crippen LogP contribution in [0.25, 0.3) is 5.76 Å². The van der Waals surface area contributed by atoms with E-state index in [9.17, 15) is 14.7 Å². The number of carbonyl (C=O) groups is 2. The first-order chi connectivity index (χ1) is 18.9. The van der Waals surface area contributed by atoms with E-state index in [1.807, 2.05) is 32.9 Å². The molecule has 2 aliphatic rings. The number of amides is 1. The second-order valence-corrected chi connectivity index (χ2v) is 9.73. The summed E-state index contributed by atoms with van der Waals surface area (Å²) in [4.78, 5) is 32.5. The van der Waals surface area contributed by atoms with Gasteiger partial charge in [-0.05, 0) is 79.4 Å². The summed E-state index contributed by atoms with van der Waals surface area (Å²) in [6.45, 7) is 6.99. The Labute approximate surface area is 227 Å². The molecule has 2 atom stereocenters. The molecule has 202 valence electrons. The highest BCUT2D eigenvalue weighted by molar-refractivity contribution is 6.46. The number of aliphatic hydroxyl groups excluding tert-OH is 1. The van der Waals surface area contributed by atoms with Crippen LogP contribution in [0.4, 0.5) is 0 Å². The topological polar surface area (TPSA) is 98.2 Å². The maximum atomic E-state index is 13.5. The first-order valence-corrected chi connectivity index (χ1v) is 13.3. The maximum absolute atomic E-state index is 13.5. The number of fused-ring (bicyclic) bond motifs is 1. The summed E-state index contributed by atoms with van der Waals surface area (Å²) < 4.78 is 17.5. The van der Waals surface area contributed by atoms with Gasteiger partial charge in [0, 0.05) is 30.9 Å². The quantitative estimate of drug-likeness (QED) is 0.231. The van der Waals surface area contributed by atoms with Gasteiger partial charge in [-0.15, -0.1) is 0 Å². The molecule has 3 heterocycles. The minimum Gasteiger partial charge on any atom is -0.507 e. The highest BCUT2D eigenvalue weighted by Crippen LogP contribution is 2.43. The van der Waals surface area contributed by atoms with Crippen molar-refractivity contribution in [1.82, 2.24) is 9.88 Å². The van der Waals surface area contributed by atoms with E-state index in [1.54, 1.807) is 48.8 Å². The van der Waals surface area contributed by atoms with Crippen molar-refractivity contribution < 1.29 is 28.9 Å². The summed E-state index contributed by atoms with van der Waals surface area (Å²) in [5.74, 6) is 0.226. The van der Waals surface area contributed by atoms with Crippen molar-refractivity contribution in [2.24, 2.45) is 0 Å². The number of rotatable bonds is 9. The number of ether oxygens (including phenoxy) is 3. The number of likely N-dealkylation sites (tertiary alicyclic amines) is 1. The Morgan fingerprint density at radius 1 is 1.05 bits per heavy atom. The first kappa shape index (κ1) is 26.3. The van der Waals surface area contributed by atoms with Crippen LogP contribution < -0.4 is 14.2 Å². The van der Waals surface area contributed by atoms with Crippen molar-refractivity contribution in [3.05, 3.63) is 88.8 Å². The molecule has 0 aliphatic carbocycles. The van der Waals surface area contributed by atoms with Gasteiger partial charge in [-0.2, -0.15) is 0 Å². The van der Waals surface area contributed by atoms with E-state index in [0.717, 1.165) is 23.3 Å². The molecule has 1 amide bonds. The van der Waals surface area contributed by atoms with Gasteiger partial charge in [0.05, 0.1) is 24.8 Å². The predicted molar refractivity (Wildman–Crippen MR) is 146 cm³/mol. The second kappa shape index (κ2) is 11.2. The van der Waals surface area contributed by atoms with Crippen LogP contribution in [0.5, 0.6) is 17.2 Å². The SMILES string of the molecule is CCCOc1ccc(C2C(=C(O)c3ccc4c(c3)CC(C)O4)C(=O)C(=O)N2Cc2ccncc2)cc1OCC. The summed E-state index contributed by atoms with van der Waals surface area (Å²) in [7, 11) is 0. The molecule has 1 fully saturated rings. The first-order valence-electron chi connectivity index (χ1n) is 13.3. The fourth-order valence-corrected chi connectivity index (χ4v) is 5.09. The maximum Gasteiger partial charge on any atom is 0.295 e. The molecule has 0 bridgehead atoms. The van der Waals surface area contributed by atoms with E-state index in [1.165, 1.54) is 4.90 Å². The lowest BCUT2D eigenvalue weighted by Gasteiger charge is -2.26. The third-order valence-corrected chi connectivity index (χ3v) is 6.86. The number of aliphatic hydroxyl groups is 1. The van der Waals surface area contributed by atoms with Gasteiger partial charge in [-0.1, -0.05) is 13.0 Å². The molecule has 1 N–H and O–H groups in total. The molecule has 0 saturated carbocycles. The van der Waals surface area contributed by atoms with Gasteiger partial charge in [0.15, 0.2) is 11.5 Å². The van der Waals surface area contributed by atoms with Crippen LogP contribution in [0.15, 0.2) is 66.5 Å². The van der Waals surface area contributed by atoms with Gasteiger partial charge in [0.25, 0.3) is 11.7 Å². The van der Waals surface area contributed by atoms with Crippen molar-refractivity contribution in [1.29, 1.82) is 0 Å². The average Bonchev–Trinajstić information content (AvgIpc) is 3.43. The fraction of sp³-hybridized carbons (Fsp3) is 0.323. The molecule has 3 aromatic rings. The van der Waals surface area contributed by atoms with Crippen LogP contribution in [0, 0.1) is 0 Å². The summed E-state index contributed by atoms with van der Waals surface area (Å²) in [5.41, 5.74) is 2.89. The smallest absolute Gasteiger partial charge is 0.295 e. The van der Waals surface area contributed by atoms with Gasteiger partial charge < -0.3 is 24.2 Å². The molecule has 1 aromatic heterocycles. The van der Waals surface area contributed by atoms with E-state index in [0.29, 0.717) is 42.3 Å². The molecule has 8 nitrogen and oxygen atoms in total. The largest absolute Gasteiger partial charge is 0.507 e. The molecule has 0 spiro atoms. The lowest BCUT2D eigenvalue weighted by atomic mass is 9.94. The molecule has 2 unspecified atom stereocenters. The second-order valence-electron chi connectivity index (χ2n) is 9.73. The highest BCUT2D eigenvalue weighted by Gasteiger charge is 2.46. The van der Waals surface area contributed by atoms with Gasteiger partial charge in [-0.25, -0.2) is 0 Å². The average molecular weight is 529 g/mol. The Morgan fingerprint density at radius 3 is 2.59 bits per heavy atom. The van der Waals surface area contributed by atoms with E-state index in [-0.39, 0.29) is 24.0 Å². The number of hydrogen-bond acceptors (Lipinski definition) is 7. The van der Waals surface area contributed by atoms with Crippen LogP contribution in [-0.4, -0.2) is 46.0 Å². The summed E-state index contributed by atoms with van der Waals surface area (Å²) >= 11 is 0. The molecule has 5 rings (SSSR count). The normalized spacial score (nSPS) is 19.6. The number of hydrogen-bond donors (Lipinski definition) is 1. The van der Waals surface area contributed by atoms with Crippen molar-refractivity contribution in [2.75, 3.05) is 13.2 Å². The summed E-state index contributed by atoms with van der Waals surface area (Å²) in [6.07, 6.45) is 4.86. The van der Waals surface area contributed by atoms with Crippen LogP contribution in [0.3, 0.4) is 0 Å². The van der Waals surface area contributed by atoms with Gasteiger partial charge in [-0.3, -0.25) is 14.6 Å². The Hall–Kier alpha value is -4.33. The number of Topliss-reactive ketones (excluding diaryl/α,β-unsaturated/α-hetero) is 1. The standard InChI is InChI=1S/C31H32N2O6/c1-4-14-38-25-9-6-21(17-26(25)37-5-2)28-27(29(34)22-7-8-24-23(16-22)15-19(3)39-24)30(35)31(36)33(28)18-20-10-12-32-13-11-20/h6-13,16-17,19,28,34H,4-5,14-15,18H2,1-3H3. The Kier molecular flexibility index (Phi) is 7.54. The molecule has 0 radical (unpaired) electrons. The predicted octanol–water partition coefficient (Wildman–Crippen LogP) is 5.21. The van der Waals surface area contributed by atoms with Crippen molar-refractivity contribution in [3.8, 4) is 17.2 Å². The van der Waals surface area contributed by atoms with Crippen molar-refractivity contribution in [2.45, 2.75) is 52.3 Å². The molecular weight excluding hydrogens is 496 g/mol. The summed E-state index contributed by atoms with van der Waals surface area (Å²) in [5, 5.41) is 11.5. The zero-order valence-corrected chi connectivity index (χ0v) is 22.3. The van der Waals surface area contributed by atoms with Crippen LogP contribution in [0.1, 0.15) is 55.5 Å².